The van der Waals surface area contributed by atoms with E-state index in [4.69, 9.17) is 0 Å². The quantitative estimate of drug-likeness (QED) is 0.849. The number of hydrogen-bond acceptors (Lipinski definition) is 3. The van der Waals surface area contributed by atoms with Gasteiger partial charge in [0.15, 0.2) is 0 Å². The Morgan fingerprint density at radius 1 is 1.18 bits per heavy atom. The summed E-state index contributed by atoms with van der Waals surface area (Å²) < 4.78 is 28.3. The van der Waals surface area contributed by atoms with Crippen LogP contribution in [-0.2, 0) is 10.0 Å². The van der Waals surface area contributed by atoms with Gasteiger partial charge in [-0.15, -0.1) is 11.3 Å². The lowest BCUT2D eigenvalue weighted by Crippen LogP contribution is -2.11. The minimum absolute atomic E-state index is 0.298. The molecule has 1 aromatic heterocycles. The highest BCUT2D eigenvalue weighted by Gasteiger charge is 2.16. The summed E-state index contributed by atoms with van der Waals surface area (Å²) in [5, 5.41) is 1.73. The molecule has 1 aromatic carbocycles. The van der Waals surface area contributed by atoms with E-state index in [-0.39, 0.29) is 0 Å². The van der Waals surface area contributed by atoms with Crippen molar-refractivity contribution in [1.29, 1.82) is 0 Å². The Balaban J connectivity index is 2.33. The predicted molar refractivity (Wildman–Crippen MR) is 77.0 cm³/mol. The van der Waals surface area contributed by atoms with Gasteiger partial charge in [-0.2, -0.15) is 0 Å². The first-order valence-corrected chi connectivity index (χ1v) is 8.45. The molecule has 0 radical (unpaired) electrons. The number of nitrogens with one attached hydrogen (secondary N) is 1. The Morgan fingerprint density at radius 3 is 2.53 bits per heavy atom. The molecule has 0 aliphatic heterocycles. The highest BCUT2D eigenvalue weighted by Crippen LogP contribution is 2.28. The predicted octanol–water partition coefficient (Wildman–Crippen LogP) is 4.07. The summed E-state index contributed by atoms with van der Waals surface area (Å²) in [6, 6.07) is 8.53. The average molecular weight is 397 g/mol. The van der Waals surface area contributed by atoms with Crippen LogP contribution in [0.25, 0.3) is 0 Å². The molecule has 1 N–H and O–H groups in total. The molecule has 7 heteroatoms. The van der Waals surface area contributed by atoms with Gasteiger partial charge in [0.2, 0.25) is 0 Å². The second-order valence-electron chi connectivity index (χ2n) is 3.16. The van der Waals surface area contributed by atoms with Crippen molar-refractivity contribution < 1.29 is 8.42 Å². The number of sulfonamides is 1. The summed E-state index contributed by atoms with van der Waals surface area (Å²) in [5.41, 5.74) is 0.515. The SMILES string of the molecule is O=S(=O)(Nc1ccc(Br)cc1Br)c1cccs1. The maximum atomic E-state index is 12.0. The fourth-order valence-electron chi connectivity index (χ4n) is 1.18. The van der Waals surface area contributed by atoms with Crippen molar-refractivity contribution in [2.75, 3.05) is 4.72 Å². The van der Waals surface area contributed by atoms with Gasteiger partial charge in [-0.05, 0) is 45.6 Å². The molecule has 0 amide bonds. The third kappa shape index (κ3) is 3.09. The van der Waals surface area contributed by atoms with Crippen molar-refractivity contribution in [1.82, 2.24) is 0 Å². The summed E-state index contributed by atoms with van der Waals surface area (Å²) in [6.45, 7) is 0. The van der Waals surface area contributed by atoms with Crippen molar-refractivity contribution in [2.24, 2.45) is 0 Å². The smallest absolute Gasteiger partial charge is 0.271 e. The number of thiophene rings is 1. The molecule has 2 rings (SSSR count). The second-order valence-corrected chi connectivity index (χ2v) is 7.79. The lowest BCUT2D eigenvalue weighted by Gasteiger charge is -2.08. The van der Waals surface area contributed by atoms with E-state index in [0.717, 1.165) is 4.47 Å². The van der Waals surface area contributed by atoms with Gasteiger partial charge >= 0.3 is 0 Å². The summed E-state index contributed by atoms with van der Waals surface area (Å²) in [7, 11) is -3.48. The van der Waals surface area contributed by atoms with Gasteiger partial charge in [-0.3, -0.25) is 4.72 Å². The van der Waals surface area contributed by atoms with E-state index in [9.17, 15) is 8.42 Å². The van der Waals surface area contributed by atoms with E-state index in [1.807, 2.05) is 0 Å². The molecule has 0 atom stereocenters. The minimum atomic E-state index is -3.48. The van der Waals surface area contributed by atoms with Gasteiger partial charge in [-0.1, -0.05) is 22.0 Å². The molecule has 17 heavy (non-hydrogen) atoms. The molecule has 90 valence electrons. The Morgan fingerprint density at radius 2 is 1.94 bits per heavy atom. The van der Waals surface area contributed by atoms with Crippen LogP contribution in [-0.4, -0.2) is 8.42 Å². The normalized spacial score (nSPS) is 11.4. The van der Waals surface area contributed by atoms with E-state index in [0.29, 0.717) is 14.4 Å². The van der Waals surface area contributed by atoms with Crippen molar-refractivity contribution in [3.63, 3.8) is 0 Å². The maximum Gasteiger partial charge on any atom is 0.271 e. The van der Waals surface area contributed by atoms with Crippen LogP contribution in [0, 0.1) is 0 Å². The van der Waals surface area contributed by atoms with Gasteiger partial charge < -0.3 is 0 Å². The first kappa shape index (κ1) is 13.1. The number of halogens is 2. The molecule has 1 heterocycles. The molecule has 0 unspecified atom stereocenters. The van der Waals surface area contributed by atoms with Crippen LogP contribution in [0.5, 0.6) is 0 Å². The van der Waals surface area contributed by atoms with Gasteiger partial charge in [0.25, 0.3) is 10.0 Å². The van der Waals surface area contributed by atoms with Crippen molar-refractivity contribution >= 4 is 58.9 Å². The topological polar surface area (TPSA) is 46.2 Å². The van der Waals surface area contributed by atoms with Gasteiger partial charge in [-0.25, -0.2) is 8.42 Å². The average Bonchev–Trinajstić information content (AvgIpc) is 2.76. The van der Waals surface area contributed by atoms with Crippen LogP contribution in [0.1, 0.15) is 0 Å². The Labute approximate surface area is 120 Å². The Hall–Kier alpha value is -0.370. The number of anilines is 1. The van der Waals surface area contributed by atoms with E-state index >= 15 is 0 Å². The van der Waals surface area contributed by atoms with E-state index in [2.05, 4.69) is 36.6 Å². The van der Waals surface area contributed by atoms with Crippen molar-refractivity contribution in [3.05, 3.63) is 44.7 Å². The third-order valence-corrected chi connectivity index (χ3v) is 5.85. The molecule has 2 aromatic rings. The highest BCUT2D eigenvalue weighted by molar-refractivity contribution is 9.11. The van der Waals surface area contributed by atoms with Crippen LogP contribution >= 0.6 is 43.2 Å². The number of benzene rings is 1. The second kappa shape index (κ2) is 5.09. The molecule has 0 spiro atoms. The molecule has 0 aliphatic carbocycles. The zero-order valence-corrected chi connectivity index (χ0v) is 13.2. The largest absolute Gasteiger partial charge is 0.278 e. The molecule has 0 fully saturated rings. The van der Waals surface area contributed by atoms with Crippen LogP contribution in [0.15, 0.2) is 48.9 Å². The molecule has 0 bridgehead atoms. The molecule has 0 saturated carbocycles. The first-order valence-electron chi connectivity index (χ1n) is 4.50. The molecule has 0 aliphatic rings. The van der Waals surface area contributed by atoms with Gasteiger partial charge in [0.05, 0.1) is 5.69 Å². The summed E-state index contributed by atoms with van der Waals surface area (Å²) in [5.74, 6) is 0. The fourth-order valence-corrected chi connectivity index (χ4v) is 4.53. The monoisotopic (exact) mass is 395 g/mol. The zero-order chi connectivity index (χ0) is 12.5. The lowest BCUT2D eigenvalue weighted by molar-refractivity contribution is 0.603. The Bertz CT molecular complexity index is 624. The number of rotatable bonds is 3. The zero-order valence-electron chi connectivity index (χ0n) is 8.35. The standard InChI is InChI=1S/C10H7Br2NO2S2/c11-7-3-4-9(8(12)6-7)13-17(14,15)10-2-1-5-16-10/h1-6,13H. The molecular formula is C10H7Br2NO2S2. The van der Waals surface area contributed by atoms with E-state index in [1.165, 1.54) is 11.3 Å². The summed E-state index contributed by atoms with van der Waals surface area (Å²) >= 11 is 7.80. The first-order chi connectivity index (χ1) is 7.99. The van der Waals surface area contributed by atoms with Crippen molar-refractivity contribution in [3.8, 4) is 0 Å². The Kier molecular flexibility index (Phi) is 3.92. The van der Waals surface area contributed by atoms with Crippen LogP contribution < -0.4 is 4.72 Å². The van der Waals surface area contributed by atoms with Gasteiger partial charge in [0.1, 0.15) is 4.21 Å². The number of hydrogen-bond donors (Lipinski definition) is 1. The van der Waals surface area contributed by atoms with Gasteiger partial charge in [0, 0.05) is 8.95 Å². The lowest BCUT2D eigenvalue weighted by atomic mass is 10.3. The summed E-state index contributed by atoms with van der Waals surface area (Å²) in [6.07, 6.45) is 0. The molecule has 0 saturated heterocycles. The maximum absolute atomic E-state index is 12.0. The fraction of sp³-hybridized carbons (Fsp3) is 0. The van der Waals surface area contributed by atoms with E-state index in [1.54, 1.807) is 35.7 Å². The van der Waals surface area contributed by atoms with Crippen LogP contribution in [0.3, 0.4) is 0 Å². The highest BCUT2D eigenvalue weighted by atomic mass is 79.9. The van der Waals surface area contributed by atoms with Crippen LogP contribution in [0.4, 0.5) is 5.69 Å². The third-order valence-electron chi connectivity index (χ3n) is 1.94. The van der Waals surface area contributed by atoms with Crippen molar-refractivity contribution in [2.45, 2.75) is 4.21 Å². The molecule has 3 nitrogen and oxygen atoms in total. The minimum Gasteiger partial charge on any atom is -0.278 e. The van der Waals surface area contributed by atoms with E-state index < -0.39 is 10.0 Å². The molecular weight excluding hydrogens is 390 g/mol. The summed E-state index contributed by atoms with van der Waals surface area (Å²) in [4.78, 5) is 0. The van der Waals surface area contributed by atoms with Crippen LogP contribution in [0.2, 0.25) is 0 Å².